The van der Waals surface area contributed by atoms with Crippen molar-refractivity contribution in [3.63, 3.8) is 0 Å². The fourth-order valence-corrected chi connectivity index (χ4v) is 2.13. The number of hydrogen-bond acceptors (Lipinski definition) is 2. The van der Waals surface area contributed by atoms with Crippen molar-refractivity contribution in [2.75, 3.05) is 13.1 Å². The number of halogens is 4. The number of nitrogens with zero attached hydrogens (tertiary/aromatic N) is 1. The summed E-state index contributed by atoms with van der Waals surface area (Å²) in [4.78, 5) is 1.47. The number of benzene rings is 1. The van der Waals surface area contributed by atoms with Crippen LogP contribution in [-0.2, 0) is 6.54 Å². The van der Waals surface area contributed by atoms with Crippen LogP contribution in [0.15, 0.2) is 24.3 Å². The standard InChI is InChI=1S/C12H13F4NO/c13-10-3-1-2-9(6-10)7-17-5-4-11(18,8-17)12(14,15)16/h1-3,6,18H,4-5,7-8H2. The number of rotatable bonds is 2. The molecule has 18 heavy (non-hydrogen) atoms. The van der Waals surface area contributed by atoms with Crippen molar-refractivity contribution >= 4 is 0 Å². The van der Waals surface area contributed by atoms with Gasteiger partial charge in [-0.1, -0.05) is 12.1 Å². The van der Waals surface area contributed by atoms with Gasteiger partial charge in [0.1, 0.15) is 5.82 Å². The van der Waals surface area contributed by atoms with Gasteiger partial charge >= 0.3 is 6.18 Å². The summed E-state index contributed by atoms with van der Waals surface area (Å²) in [7, 11) is 0. The number of β-amino-alcohol motifs (C(OH)–C–C–N with tert-alkyl or cyclic N) is 1. The molecule has 1 heterocycles. The molecule has 1 fully saturated rings. The molecule has 0 aromatic heterocycles. The van der Waals surface area contributed by atoms with E-state index in [9.17, 15) is 22.7 Å². The Kier molecular flexibility index (Phi) is 3.33. The van der Waals surface area contributed by atoms with Crippen molar-refractivity contribution in [2.24, 2.45) is 0 Å². The molecule has 1 saturated heterocycles. The summed E-state index contributed by atoms with van der Waals surface area (Å²) in [6.45, 7) is -0.115. The van der Waals surface area contributed by atoms with Gasteiger partial charge in [-0.3, -0.25) is 4.90 Å². The zero-order valence-corrected chi connectivity index (χ0v) is 9.54. The molecule has 1 aliphatic rings. The van der Waals surface area contributed by atoms with E-state index in [0.29, 0.717) is 5.56 Å². The number of alkyl halides is 3. The van der Waals surface area contributed by atoms with E-state index >= 15 is 0 Å². The predicted octanol–water partition coefficient (Wildman–Crippen LogP) is 2.32. The maximum Gasteiger partial charge on any atom is 0.418 e. The fraction of sp³-hybridized carbons (Fsp3) is 0.500. The van der Waals surface area contributed by atoms with Crippen LogP contribution in [0.1, 0.15) is 12.0 Å². The van der Waals surface area contributed by atoms with Crippen molar-refractivity contribution in [1.82, 2.24) is 4.90 Å². The lowest BCUT2D eigenvalue weighted by molar-refractivity contribution is -0.254. The Hall–Kier alpha value is -1.14. The molecule has 0 aliphatic carbocycles. The van der Waals surface area contributed by atoms with Crippen LogP contribution in [0.4, 0.5) is 17.6 Å². The highest BCUT2D eigenvalue weighted by Crippen LogP contribution is 2.37. The average Bonchev–Trinajstić information content (AvgIpc) is 2.60. The van der Waals surface area contributed by atoms with E-state index in [1.165, 1.54) is 23.1 Å². The second-order valence-corrected chi connectivity index (χ2v) is 4.62. The van der Waals surface area contributed by atoms with Crippen LogP contribution in [0.3, 0.4) is 0 Å². The van der Waals surface area contributed by atoms with Crippen LogP contribution < -0.4 is 0 Å². The van der Waals surface area contributed by atoms with Crippen LogP contribution in [-0.4, -0.2) is 34.9 Å². The van der Waals surface area contributed by atoms with Crippen LogP contribution in [0.2, 0.25) is 0 Å². The van der Waals surface area contributed by atoms with Crippen LogP contribution >= 0.6 is 0 Å². The normalized spacial score (nSPS) is 25.6. The molecular formula is C12H13F4NO. The van der Waals surface area contributed by atoms with Crippen molar-refractivity contribution in [2.45, 2.75) is 24.7 Å². The van der Waals surface area contributed by atoms with Gasteiger partial charge in [-0.05, 0) is 24.1 Å². The maximum absolute atomic E-state index is 12.9. The third kappa shape index (κ3) is 2.64. The molecule has 1 aromatic carbocycles. The van der Waals surface area contributed by atoms with Gasteiger partial charge in [-0.15, -0.1) is 0 Å². The molecule has 0 amide bonds. The Balaban J connectivity index is 2.02. The van der Waals surface area contributed by atoms with E-state index in [4.69, 9.17) is 0 Å². The fourth-order valence-electron chi connectivity index (χ4n) is 2.13. The lowest BCUT2D eigenvalue weighted by atomic mass is 10.0. The average molecular weight is 263 g/mol. The van der Waals surface area contributed by atoms with Crippen molar-refractivity contribution in [3.8, 4) is 0 Å². The molecule has 0 bridgehead atoms. The molecule has 6 heteroatoms. The molecule has 2 rings (SSSR count). The summed E-state index contributed by atoms with van der Waals surface area (Å²) in [6.07, 6.45) is -4.96. The maximum atomic E-state index is 12.9. The second kappa shape index (κ2) is 4.51. The zero-order valence-electron chi connectivity index (χ0n) is 9.54. The Morgan fingerprint density at radius 3 is 2.61 bits per heavy atom. The summed E-state index contributed by atoms with van der Waals surface area (Å²) >= 11 is 0. The molecule has 1 atom stereocenters. The van der Waals surface area contributed by atoms with E-state index in [2.05, 4.69) is 0 Å². The molecule has 1 aliphatic heterocycles. The first kappa shape index (κ1) is 13.3. The number of aliphatic hydroxyl groups is 1. The Bertz CT molecular complexity index is 434. The highest BCUT2D eigenvalue weighted by Gasteiger charge is 2.56. The highest BCUT2D eigenvalue weighted by atomic mass is 19.4. The van der Waals surface area contributed by atoms with Crippen LogP contribution in [0.25, 0.3) is 0 Å². The van der Waals surface area contributed by atoms with Gasteiger partial charge in [0.05, 0.1) is 0 Å². The molecule has 0 radical (unpaired) electrons. The summed E-state index contributed by atoms with van der Waals surface area (Å²) in [6, 6.07) is 5.72. The number of hydrogen-bond donors (Lipinski definition) is 1. The van der Waals surface area contributed by atoms with Gasteiger partial charge in [0.15, 0.2) is 5.60 Å². The molecule has 1 N–H and O–H groups in total. The largest absolute Gasteiger partial charge is 0.418 e. The molecule has 1 unspecified atom stereocenters. The minimum atomic E-state index is -4.62. The van der Waals surface area contributed by atoms with Gasteiger partial charge in [0.25, 0.3) is 0 Å². The van der Waals surface area contributed by atoms with E-state index in [1.807, 2.05) is 0 Å². The van der Waals surface area contributed by atoms with Gasteiger partial charge < -0.3 is 5.11 Å². The quantitative estimate of drug-likeness (QED) is 0.828. The molecule has 0 saturated carbocycles. The summed E-state index contributed by atoms with van der Waals surface area (Å²) < 4.78 is 50.7. The lowest BCUT2D eigenvalue weighted by Gasteiger charge is -2.26. The Morgan fingerprint density at radius 1 is 1.33 bits per heavy atom. The van der Waals surface area contributed by atoms with E-state index in [1.54, 1.807) is 6.07 Å². The third-order valence-electron chi connectivity index (χ3n) is 3.15. The third-order valence-corrected chi connectivity index (χ3v) is 3.15. The van der Waals surface area contributed by atoms with Crippen LogP contribution in [0.5, 0.6) is 0 Å². The Labute approximate surface area is 102 Å². The monoisotopic (exact) mass is 263 g/mol. The topological polar surface area (TPSA) is 23.5 Å². The summed E-state index contributed by atoms with van der Waals surface area (Å²) in [5, 5.41) is 9.49. The second-order valence-electron chi connectivity index (χ2n) is 4.62. The van der Waals surface area contributed by atoms with Gasteiger partial charge in [-0.25, -0.2) is 4.39 Å². The lowest BCUT2D eigenvalue weighted by Crippen LogP contribution is -2.47. The predicted molar refractivity (Wildman–Crippen MR) is 57.3 cm³/mol. The molecule has 1 aromatic rings. The van der Waals surface area contributed by atoms with Gasteiger partial charge in [0.2, 0.25) is 0 Å². The van der Waals surface area contributed by atoms with E-state index < -0.39 is 24.1 Å². The SMILES string of the molecule is OC1(C(F)(F)F)CCN(Cc2cccc(F)c2)C1. The summed E-state index contributed by atoms with van der Waals surface area (Å²) in [5.41, 5.74) is -2.04. The van der Waals surface area contributed by atoms with Gasteiger partial charge in [0, 0.05) is 19.6 Å². The zero-order chi connectivity index (χ0) is 13.4. The number of likely N-dealkylation sites (tertiary alicyclic amines) is 1. The van der Waals surface area contributed by atoms with Gasteiger partial charge in [-0.2, -0.15) is 13.2 Å². The summed E-state index contributed by atoms with van der Waals surface area (Å²) in [5.74, 6) is -0.419. The van der Waals surface area contributed by atoms with Crippen molar-refractivity contribution in [3.05, 3.63) is 35.6 Å². The van der Waals surface area contributed by atoms with Crippen LogP contribution in [0, 0.1) is 5.82 Å². The van der Waals surface area contributed by atoms with Crippen molar-refractivity contribution < 1.29 is 22.7 Å². The molecule has 0 spiro atoms. The molecule has 100 valence electrons. The first-order valence-corrected chi connectivity index (χ1v) is 5.56. The minimum Gasteiger partial charge on any atom is -0.379 e. The Morgan fingerprint density at radius 2 is 2.06 bits per heavy atom. The van der Waals surface area contributed by atoms with Crippen molar-refractivity contribution in [1.29, 1.82) is 0 Å². The first-order chi connectivity index (χ1) is 8.30. The highest BCUT2D eigenvalue weighted by molar-refractivity contribution is 5.16. The van der Waals surface area contributed by atoms with E-state index in [0.717, 1.165) is 0 Å². The minimum absolute atomic E-state index is 0.145. The smallest absolute Gasteiger partial charge is 0.379 e. The first-order valence-electron chi connectivity index (χ1n) is 5.56. The molecular weight excluding hydrogens is 250 g/mol. The molecule has 2 nitrogen and oxygen atoms in total. The van der Waals surface area contributed by atoms with E-state index in [-0.39, 0.29) is 19.5 Å².